The van der Waals surface area contributed by atoms with Crippen LogP contribution in [0.25, 0.3) is 0 Å². The van der Waals surface area contributed by atoms with Gasteiger partial charge in [-0.2, -0.15) is 11.8 Å². The summed E-state index contributed by atoms with van der Waals surface area (Å²) in [6.45, 7) is 14.2. The van der Waals surface area contributed by atoms with Gasteiger partial charge in [-0.1, -0.05) is 42.0 Å². The summed E-state index contributed by atoms with van der Waals surface area (Å²) in [6, 6.07) is 0. The molecule has 1 atom stereocenters. The molecule has 0 aliphatic carbocycles. The lowest BCUT2D eigenvalue weighted by Crippen LogP contribution is -2.00. The summed E-state index contributed by atoms with van der Waals surface area (Å²) in [7, 11) is 3.53. The lowest BCUT2D eigenvalue weighted by molar-refractivity contribution is 0.880. The molecule has 0 saturated heterocycles. The first-order valence-corrected chi connectivity index (χ1v) is 9.90. The zero-order valence-electron chi connectivity index (χ0n) is 12.2. The molecule has 0 amide bonds. The Hall–Kier alpha value is -0.0600. The summed E-state index contributed by atoms with van der Waals surface area (Å²) in [4.78, 5) is 3.99. The van der Waals surface area contributed by atoms with E-state index in [-0.39, 0.29) is 0 Å². The van der Waals surface area contributed by atoms with E-state index < -0.39 is 0 Å². The summed E-state index contributed by atoms with van der Waals surface area (Å²) in [5.41, 5.74) is 1.36. The summed E-state index contributed by atoms with van der Waals surface area (Å²) >= 11 is 1.97. The van der Waals surface area contributed by atoms with Crippen molar-refractivity contribution < 1.29 is 0 Å². The third kappa shape index (κ3) is 10.4. The second kappa shape index (κ2) is 12.9. The topological polar surface area (TPSA) is 12.4 Å². The quantitative estimate of drug-likeness (QED) is 0.153. The molecule has 108 valence electrons. The molecule has 1 unspecified atom stereocenters. The molecule has 0 N–H and O–H groups in total. The zero-order valence-corrected chi connectivity index (χ0v) is 14.7. The highest BCUT2D eigenvalue weighted by Gasteiger charge is 2.05. The van der Waals surface area contributed by atoms with Crippen LogP contribution in [0.2, 0.25) is 0 Å². The van der Waals surface area contributed by atoms with Gasteiger partial charge in [-0.25, -0.2) is 0 Å². The monoisotopic (exact) mass is 315 g/mol. The van der Waals surface area contributed by atoms with E-state index in [1.165, 1.54) is 12.0 Å². The first-order valence-electron chi connectivity index (χ1n) is 6.54. The number of hydrogen-bond donors (Lipinski definition) is 0. The number of aliphatic imine (C=N–C) groups is 1. The number of thioether (sulfide) groups is 1. The Labute approximate surface area is 130 Å². The van der Waals surface area contributed by atoms with Gasteiger partial charge < -0.3 is 0 Å². The highest BCUT2D eigenvalue weighted by molar-refractivity contribution is 8.78. The van der Waals surface area contributed by atoms with E-state index >= 15 is 0 Å². The van der Waals surface area contributed by atoms with Gasteiger partial charge in [0.25, 0.3) is 0 Å². The molecule has 4 heteroatoms. The van der Waals surface area contributed by atoms with Gasteiger partial charge in [0, 0.05) is 11.0 Å². The highest BCUT2D eigenvalue weighted by atomic mass is 33.1. The minimum atomic E-state index is 0.586. The van der Waals surface area contributed by atoms with E-state index in [1.807, 2.05) is 47.7 Å². The molecule has 1 nitrogen and oxygen atoms in total. The lowest BCUT2D eigenvalue weighted by atomic mass is 10.1. The van der Waals surface area contributed by atoms with E-state index in [1.54, 1.807) is 10.8 Å². The van der Waals surface area contributed by atoms with Crippen molar-refractivity contribution in [1.29, 1.82) is 0 Å². The Bertz CT molecular complexity index is 321. The maximum Gasteiger partial charge on any atom is 0.106 e. The van der Waals surface area contributed by atoms with Crippen molar-refractivity contribution in [2.24, 2.45) is 4.99 Å². The fourth-order valence-electron chi connectivity index (χ4n) is 1.32. The third-order valence-electron chi connectivity index (χ3n) is 2.45. The molecule has 0 aliphatic rings. The second-order valence-corrected chi connectivity index (χ2v) is 8.01. The second-order valence-electron chi connectivity index (χ2n) is 3.95. The van der Waals surface area contributed by atoms with Gasteiger partial charge >= 0.3 is 0 Å². The van der Waals surface area contributed by atoms with E-state index in [0.717, 1.165) is 23.0 Å². The zero-order chi connectivity index (χ0) is 14.5. The Kier molecular flexibility index (Phi) is 12.9. The van der Waals surface area contributed by atoms with E-state index in [0.29, 0.717) is 5.25 Å². The fraction of sp³-hybridized carbons (Fsp3) is 0.533. The molecule has 0 heterocycles. The van der Waals surface area contributed by atoms with E-state index in [4.69, 9.17) is 0 Å². The van der Waals surface area contributed by atoms with Crippen LogP contribution < -0.4 is 0 Å². The molecule has 0 spiro atoms. The van der Waals surface area contributed by atoms with Crippen LogP contribution >= 0.6 is 33.3 Å². The van der Waals surface area contributed by atoms with Gasteiger partial charge in [0.2, 0.25) is 0 Å². The van der Waals surface area contributed by atoms with Crippen molar-refractivity contribution in [2.75, 3.05) is 11.5 Å². The Morgan fingerprint density at radius 1 is 1.42 bits per heavy atom. The summed E-state index contributed by atoms with van der Waals surface area (Å²) < 4.78 is 0. The van der Waals surface area contributed by atoms with Gasteiger partial charge in [0.05, 0.1) is 0 Å². The Morgan fingerprint density at radius 3 is 2.74 bits per heavy atom. The van der Waals surface area contributed by atoms with Crippen LogP contribution in [0.3, 0.4) is 0 Å². The summed E-state index contributed by atoms with van der Waals surface area (Å²) in [5, 5.41) is 1.56. The molecule has 0 fully saturated rings. The molecular weight excluding hydrogens is 290 g/mol. The highest BCUT2D eigenvalue weighted by Crippen LogP contribution is 2.32. The predicted molar refractivity (Wildman–Crippen MR) is 98.5 cm³/mol. The van der Waals surface area contributed by atoms with Crippen molar-refractivity contribution in [3.63, 3.8) is 0 Å². The first kappa shape index (κ1) is 18.9. The van der Waals surface area contributed by atoms with Crippen molar-refractivity contribution in [3.05, 3.63) is 35.4 Å². The van der Waals surface area contributed by atoms with Gasteiger partial charge in [-0.3, -0.25) is 4.99 Å². The van der Waals surface area contributed by atoms with Crippen LogP contribution in [0.15, 0.2) is 40.4 Å². The molecular formula is C15H25NS3. The minimum Gasteiger partial charge on any atom is -0.257 e. The maximum atomic E-state index is 4.18. The molecule has 19 heavy (non-hydrogen) atoms. The normalized spacial score (nSPS) is 13.7. The van der Waals surface area contributed by atoms with Crippen LogP contribution in [0.4, 0.5) is 0 Å². The van der Waals surface area contributed by atoms with Crippen molar-refractivity contribution in [3.8, 4) is 0 Å². The Balaban J connectivity index is 3.75. The average molecular weight is 316 g/mol. The Morgan fingerprint density at radius 2 is 2.16 bits per heavy atom. The van der Waals surface area contributed by atoms with E-state index in [9.17, 15) is 0 Å². The minimum absolute atomic E-state index is 0.586. The van der Waals surface area contributed by atoms with Crippen molar-refractivity contribution in [2.45, 2.75) is 38.9 Å². The van der Waals surface area contributed by atoms with Crippen molar-refractivity contribution >= 4 is 40.1 Å². The number of hydrogen-bond acceptors (Lipinski definition) is 4. The van der Waals surface area contributed by atoms with Crippen LogP contribution in [0, 0.1) is 0 Å². The largest absolute Gasteiger partial charge is 0.257 e. The average Bonchev–Trinajstić information content (AvgIpc) is 2.41. The molecule has 0 aromatic heterocycles. The molecule has 0 rings (SSSR count). The van der Waals surface area contributed by atoms with Crippen LogP contribution in [-0.2, 0) is 0 Å². The lowest BCUT2D eigenvalue weighted by Gasteiger charge is -2.12. The number of nitrogens with zero attached hydrogens (tertiary/aromatic N) is 1. The molecule has 0 radical (unpaired) electrons. The number of allylic oxidation sites excluding steroid dienone is 3. The van der Waals surface area contributed by atoms with Gasteiger partial charge in [-0.05, 0) is 56.0 Å². The first-order chi connectivity index (χ1) is 9.15. The van der Waals surface area contributed by atoms with E-state index in [2.05, 4.69) is 32.1 Å². The van der Waals surface area contributed by atoms with Gasteiger partial charge in [-0.15, -0.1) is 0 Å². The molecule has 0 aromatic carbocycles. The smallest absolute Gasteiger partial charge is 0.106 e. The SMILES string of the molecule is C=N/C(=C\C=C/C)SSCCCC(=C)C(C)SCC. The maximum absolute atomic E-state index is 4.18. The predicted octanol–water partition coefficient (Wildman–Crippen LogP) is 5.96. The van der Waals surface area contributed by atoms with Crippen LogP contribution in [0.5, 0.6) is 0 Å². The molecule has 0 aromatic rings. The molecule has 0 bridgehead atoms. The van der Waals surface area contributed by atoms with Crippen LogP contribution in [0.1, 0.15) is 33.6 Å². The van der Waals surface area contributed by atoms with Gasteiger partial charge in [0.1, 0.15) is 5.03 Å². The third-order valence-corrected chi connectivity index (χ3v) is 5.99. The van der Waals surface area contributed by atoms with Crippen LogP contribution in [-0.4, -0.2) is 23.5 Å². The van der Waals surface area contributed by atoms with Crippen molar-refractivity contribution in [1.82, 2.24) is 0 Å². The fourth-order valence-corrected chi connectivity index (χ4v) is 4.11. The number of rotatable bonds is 11. The molecule has 0 aliphatic heterocycles. The molecule has 0 saturated carbocycles. The summed E-state index contributed by atoms with van der Waals surface area (Å²) in [5.74, 6) is 2.28. The summed E-state index contributed by atoms with van der Waals surface area (Å²) in [6.07, 6.45) is 8.27. The van der Waals surface area contributed by atoms with Gasteiger partial charge in [0.15, 0.2) is 0 Å². The standard InChI is InChI=1S/C15H25NS3/c1-6-8-11-15(16-5)19-18-12-9-10-13(3)14(4)17-7-2/h6,8,11,14H,3,5,7,9-10,12H2,1-2,4H3/b8-6-,15-11+.